The molecule has 2 aromatic carbocycles. The lowest BCUT2D eigenvalue weighted by molar-refractivity contribution is 0.542. The molecule has 1 atom stereocenters. The van der Waals surface area contributed by atoms with Gasteiger partial charge in [-0.3, -0.25) is 0 Å². The van der Waals surface area contributed by atoms with Crippen LogP contribution in [0.25, 0.3) is 0 Å². The van der Waals surface area contributed by atoms with Gasteiger partial charge in [-0.15, -0.1) is 0 Å². The van der Waals surface area contributed by atoms with Gasteiger partial charge in [-0.1, -0.05) is 36.4 Å². The minimum absolute atomic E-state index is 0.0994. The van der Waals surface area contributed by atoms with Crippen molar-refractivity contribution < 1.29 is 4.39 Å². The van der Waals surface area contributed by atoms with Crippen LogP contribution in [0, 0.1) is 5.82 Å². The molecule has 20 heavy (non-hydrogen) atoms. The summed E-state index contributed by atoms with van der Waals surface area (Å²) in [6.45, 7) is 1.34. The van der Waals surface area contributed by atoms with Gasteiger partial charge in [0.2, 0.25) is 0 Å². The van der Waals surface area contributed by atoms with Crippen LogP contribution in [0.4, 0.5) is 10.1 Å². The van der Waals surface area contributed by atoms with E-state index >= 15 is 0 Å². The zero-order valence-corrected chi connectivity index (χ0v) is 11.4. The molecule has 1 unspecified atom stereocenters. The van der Waals surface area contributed by atoms with E-state index in [9.17, 15) is 4.39 Å². The number of halogens is 1. The Morgan fingerprint density at radius 2 is 1.85 bits per heavy atom. The van der Waals surface area contributed by atoms with Gasteiger partial charge in [0.25, 0.3) is 0 Å². The van der Waals surface area contributed by atoms with E-state index in [0.717, 1.165) is 19.4 Å². The van der Waals surface area contributed by atoms with Crippen LogP contribution < -0.4 is 10.6 Å². The molecule has 0 saturated carbocycles. The van der Waals surface area contributed by atoms with Crippen molar-refractivity contribution in [2.24, 2.45) is 5.73 Å². The van der Waals surface area contributed by atoms with Gasteiger partial charge in [0, 0.05) is 24.3 Å². The van der Waals surface area contributed by atoms with Gasteiger partial charge in [-0.25, -0.2) is 4.39 Å². The molecule has 0 fully saturated rings. The van der Waals surface area contributed by atoms with E-state index in [4.69, 9.17) is 5.73 Å². The van der Waals surface area contributed by atoms with E-state index < -0.39 is 0 Å². The summed E-state index contributed by atoms with van der Waals surface area (Å²) in [5.74, 6) is -0.175. The van der Waals surface area contributed by atoms with Crippen LogP contribution in [0.5, 0.6) is 0 Å². The van der Waals surface area contributed by atoms with Crippen molar-refractivity contribution in [3.05, 3.63) is 65.5 Å². The number of nitrogens with two attached hydrogens (primary N) is 1. The summed E-state index contributed by atoms with van der Waals surface area (Å²) in [7, 11) is 0. The monoisotopic (exact) mass is 270 g/mol. The Bertz CT molecular complexity index is 597. The third-order valence-electron chi connectivity index (χ3n) is 4.01. The van der Waals surface area contributed by atoms with Crippen molar-refractivity contribution >= 4 is 5.69 Å². The van der Waals surface area contributed by atoms with Gasteiger partial charge < -0.3 is 10.6 Å². The summed E-state index contributed by atoms with van der Waals surface area (Å²) in [4.78, 5) is 2.25. The van der Waals surface area contributed by atoms with E-state index in [1.54, 1.807) is 6.07 Å². The van der Waals surface area contributed by atoms with Crippen LogP contribution in [-0.4, -0.2) is 13.1 Å². The Balaban J connectivity index is 2.01. The van der Waals surface area contributed by atoms with E-state index in [1.165, 1.54) is 17.3 Å². The summed E-state index contributed by atoms with van der Waals surface area (Å²) in [5.41, 5.74) is 9.16. The second-order valence-corrected chi connectivity index (χ2v) is 5.20. The maximum absolute atomic E-state index is 14.1. The van der Waals surface area contributed by atoms with Gasteiger partial charge >= 0.3 is 0 Å². The van der Waals surface area contributed by atoms with Crippen LogP contribution in [0.3, 0.4) is 0 Å². The zero-order chi connectivity index (χ0) is 13.9. The number of anilines is 1. The topological polar surface area (TPSA) is 29.3 Å². The fourth-order valence-corrected chi connectivity index (χ4v) is 3.05. The van der Waals surface area contributed by atoms with Crippen LogP contribution in [0.15, 0.2) is 48.5 Å². The minimum atomic E-state index is -0.175. The highest BCUT2D eigenvalue weighted by atomic mass is 19.1. The van der Waals surface area contributed by atoms with Crippen molar-refractivity contribution in [3.63, 3.8) is 0 Å². The molecule has 2 N–H and O–H groups in total. The standard InChI is InChI=1S/C17H19FN2/c18-15-9-3-2-8-14(15)17(12-19)20-11-5-7-13-6-1-4-10-16(13)20/h1-4,6,8-10,17H,5,7,11-12,19H2. The molecule has 0 saturated heterocycles. The second-order valence-electron chi connectivity index (χ2n) is 5.20. The van der Waals surface area contributed by atoms with E-state index in [2.05, 4.69) is 23.1 Å². The Morgan fingerprint density at radius 1 is 1.10 bits per heavy atom. The first-order valence-corrected chi connectivity index (χ1v) is 7.10. The van der Waals surface area contributed by atoms with Crippen LogP contribution in [0.2, 0.25) is 0 Å². The predicted molar refractivity (Wildman–Crippen MR) is 80.3 cm³/mol. The summed E-state index contributed by atoms with van der Waals surface area (Å²) in [6, 6.07) is 15.2. The number of para-hydroxylation sites is 1. The van der Waals surface area contributed by atoms with Gasteiger partial charge in [-0.05, 0) is 30.5 Å². The average Bonchev–Trinajstić information content (AvgIpc) is 2.50. The van der Waals surface area contributed by atoms with Crippen LogP contribution >= 0.6 is 0 Å². The molecule has 1 aliphatic heterocycles. The molecule has 3 heteroatoms. The van der Waals surface area contributed by atoms with Crippen molar-refractivity contribution in [1.29, 1.82) is 0 Å². The highest BCUT2D eigenvalue weighted by Crippen LogP contribution is 2.34. The first-order valence-electron chi connectivity index (χ1n) is 7.10. The lowest BCUT2D eigenvalue weighted by Crippen LogP contribution is -2.37. The summed E-state index contributed by atoms with van der Waals surface area (Å²) in [6.07, 6.45) is 2.17. The lowest BCUT2D eigenvalue weighted by Gasteiger charge is -2.37. The van der Waals surface area contributed by atoms with Crippen molar-refractivity contribution in [2.75, 3.05) is 18.0 Å². The highest BCUT2D eigenvalue weighted by molar-refractivity contribution is 5.57. The Kier molecular flexibility index (Phi) is 3.70. The van der Waals surface area contributed by atoms with Crippen molar-refractivity contribution in [3.8, 4) is 0 Å². The largest absolute Gasteiger partial charge is 0.363 e. The molecule has 2 nitrogen and oxygen atoms in total. The van der Waals surface area contributed by atoms with Crippen LogP contribution in [-0.2, 0) is 6.42 Å². The summed E-state index contributed by atoms with van der Waals surface area (Å²) < 4.78 is 14.1. The zero-order valence-electron chi connectivity index (χ0n) is 11.4. The number of aryl methyl sites for hydroxylation is 1. The third kappa shape index (κ3) is 2.29. The molecule has 0 spiro atoms. The summed E-state index contributed by atoms with van der Waals surface area (Å²) in [5, 5.41) is 0. The molecule has 1 aliphatic rings. The van der Waals surface area contributed by atoms with Gasteiger partial charge in [0.1, 0.15) is 5.82 Å². The van der Waals surface area contributed by atoms with Gasteiger partial charge in [0.15, 0.2) is 0 Å². The van der Waals surface area contributed by atoms with Crippen molar-refractivity contribution in [2.45, 2.75) is 18.9 Å². The molecule has 0 aliphatic carbocycles. The summed E-state index contributed by atoms with van der Waals surface area (Å²) >= 11 is 0. The Hall–Kier alpha value is -1.87. The third-order valence-corrected chi connectivity index (χ3v) is 4.01. The molecule has 0 radical (unpaired) electrons. The van der Waals surface area contributed by atoms with E-state index in [-0.39, 0.29) is 11.9 Å². The minimum Gasteiger partial charge on any atom is -0.363 e. The molecular weight excluding hydrogens is 251 g/mol. The maximum Gasteiger partial charge on any atom is 0.128 e. The fourth-order valence-electron chi connectivity index (χ4n) is 3.05. The lowest BCUT2D eigenvalue weighted by atomic mass is 9.97. The maximum atomic E-state index is 14.1. The van der Waals surface area contributed by atoms with Crippen molar-refractivity contribution in [1.82, 2.24) is 0 Å². The molecule has 104 valence electrons. The number of nitrogens with zero attached hydrogens (tertiary/aromatic N) is 1. The molecule has 3 rings (SSSR count). The first kappa shape index (κ1) is 13.1. The Labute approximate surface area is 119 Å². The highest BCUT2D eigenvalue weighted by Gasteiger charge is 2.25. The number of benzene rings is 2. The van der Waals surface area contributed by atoms with E-state index in [1.807, 2.05) is 18.2 Å². The molecule has 2 aromatic rings. The van der Waals surface area contributed by atoms with E-state index in [0.29, 0.717) is 12.1 Å². The molecule has 0 amide bonds. The number of hydrogen-bond donors (Lipinski definition) is 1. The van der Waals surface area contributed by atoms with Gasteiger partial charge in [-0.2, -0.15) is 0 Å². The second kappa shape index (κ2) is 5.63. The molecule has 0 bridgehead atoms. The van der Waals surface area contributed by atoms with Crippen LogP contribution in [0.1, 0.15) is 23.6 Å². The normalized spacial score (nSPS) is 15.8. The fraction of sp³-hybridized carbons (Fsp3) is 0.294. The number of rotatable bonds is 3. The first-order chi connectivity index (χ1) is 9.81. The Morgan fingerprint density at radius 3 is 2.65 bits per heavy atom. The number of hydrogen-bond acceptors (Lipinski definition) is 2. The quantitative estimate of drug-likeness (QED) is 0.927. The van der Waals surface area contributed by atoms with Gasteiger partial charge in [0.05, 0.1) is 6.04 Å². The SMILES string of the molecule is NCC(c1ccccc1F)N1CCCc2ccccc21. The average molecular weight is 270 g/mol. The molecule has 0 aromatic heterocycles. The predicted octanol–water partition coefficient (Wildman–Crippen LogP) is 3.28. The molecule has 1 heterocycles. The smallest absolute Gasteiger partial charge is 0.128 e. The molecular formula is C17H19FN2. The number of fused-ring (bicyclic) bond motifs is 1.